The molecule has 0 amide bonds. The predicted molar refractivity (Wildman–Crippen MR) is 85.3 cm³/mol. The molecule has 1 aromatic carbocycles. The van der Waals surface area contributed by atoms with Crippen LogP contribution in [0, 0.1) is 0 Å². The molecule has 3 aromatic rings. The monoisotopic (exact) mass is 275 g/mol. The van der Waals surface area contributed by atoms with Crippen LogP contribution in [0.3, 0.4) is 0 Å². The van der Waals surface area contributed by atoms with Crippen LogP contribution in [-0.4, -0.2) is 9.97 Å². The fourth-order valence-corrected chi connectivity index (χ4v) is 3.09. The molecule has 2 aromatic heterocycles. The van der Waals surface area contributed by atoms with Crippen molar-refractivity contribution in [1.82, 2.24) is 9.97 Å². The summed E-state index contributed by atoms with van der Waals surface area (Å²) in [4.78, 5) is 9.21. The number of anilines is 1. The Labute approximate surface area is 124 Å². The van der Waals surface area contributed by atoms with Gasteiger partial charge >= 0.3 is 0 Å². The first kappa shape index (κ1) is 12.3. The van der Waals surface area contributed by atoms with E-state index in [-0.39, 0.29) is 0 Å². The molecule has 0 atom stereocenters. The minimum absolute atomic E-state index is 0.751. The molecule has 1 aliphatic carbocycles. The van der Waals surface area contributed by atoms with Crippen LogP contribution in [0.25, 0.3) is 10.9 Å². The Morgan fingerprint density at radius 1 is 1.00 bits per heavy atom. The van der Waals surface area contributed by atoms with E-state index >= 15 is 0 Å². The lowest BCUT2D eigenvalue weighted by Gasteiger charge is -2.14. The number of nitrogens with one attached hydrogen (secondary N) is 1. The molecule has 104 valence electrons. The maximum Gasteiger partial charge on any atom is 0.0726 e. The third-order valence-corrected chi connectivity index (χ3v) is 4.09. The van der Waals surface area contributed by atoms with E-state index in [9.17, 15) is 0 Å². The number of pyridine rings is 2. The first-order valence-electron chi connectivity index (χ1n) is 7.46. The zero-order valence-corrected chi connectivity index (χ0v) is 11.8. The van der Waals surface area contributed by atoms with Crippen LogP contribution in [0.2, 0.25) is 0 Å². The highest BCUT2D eigenvalue weighted by Gasteiger charge is 2.19. The Morgan fingerprint density at radius 3 is 2.81 bits per heavy atom. The van der Waals surface area contributed by atoms with Crippen LogP contribution >= 0.6 is 0 Å². The average Bonchev–Trinajstić information content (AvgIpc) is 3.00. The van der Waals surface area contributed by atoms with Gasteiger partial charge in [0.1, 0.15) is 0 Å². The van der Waals surface area contributed by atoms with Crippen molar-refractivity contribution in [3.63, 3.8) is 0 Å². The van der Waals surface area contributed by atoms with Crippen molar-refractivity contribution >= 4 is 16.6 Å². The van der Waals surface area contributed by atoms with Gasteiger partial charge in [0.2, 0.25) is 0 Å². The van der Waals surface area contributed by atoms with Gasteiger partial charge in [0.05, 0.1) is 17.8 Å². The van der Waals surface area contributed by atoms with E-state index in [1.54, 1.807) is 0 Å². The minimum atomic E-state index is 0.751. The summed E-state index contributed by atoms with van der Waals surface area (Å²) in [6.07, 6.45) is 5.26. The van der Waals surface area contributed by atoms with Gasteiger partial charge < -0.3 is 5.32 Å². The maximum atomic E-state index is 4.82. The van der Waals surface area contributed by atoms with E-state index in [0.717, 1.165) is 30.6 Å². The number of rotatable bonds is 3. The van der Waals surface area contributed by atoms with Gasteiger partial charge in [-0.3, -0.25) is 9.97 Å². The van der Waals surface area contributed by atoms with Crippen LogP contribution in [0.5, 0.6) is 0 Å². The fourth-order valence-electron chi connectivity index (χ4n) is 3.09. The molecule has 0 aliphatic heterocycles. The molecule has 0 spiro atoms. The molecule has 0 saturated heterocycles. The van der Waals surface area contributed by atoms with Crippen molar-refractivity contribution in [3.8, 4) is 0 Å². The number of aryl methyl sites for hydroxylation is 1. The van der Waals surface area contributed by atoms with Crippen LogP contribution in [0.4, 0.5) is 5.69 Å². The predicted octanol–water partition coefficient (Wildman–Crippen LogP) is 3.73. The first-order valence-corrected chi connectivity index (χ1v) is 7.46. The van der Waals surface area contributed by atoms with Crippen molar-refractivity contribution in [1.29, 1.82) is 0 Å². The van der Waals surface area contributed by atoms with Gasteiger partial charge in [-0.25, -0.2) is 0 Å². The lowest BCUT2D eigenvalue weighted by molar-refractivity contribution is 0.901. The second-order valence-electron chi connectivity index (χ2n) is 5.46. The second kappa shape index (κ2) is 5.17. The average molecular weight is 275 g/mol. The molecule has 21 heavy (non-hydrogen) atoms. The number of aromatic nitrogens is 2. The van der Waals surface area contributed by atoms with Crippen molar-refractivity contribution in [2.45, 2.75) is 25.8 Å². The van der Waals surface area contributed by atoms with E-state index in [4.69, 9.17) is 4.98 Å². The normalized spacial score (nSPS) is 13.3. The largest absolute Gasteiger partial charge is 0.379 e. The molecule has 0 unspecified atom stereocenters. The molecular formula is C18H17N3. The molecule has 3 heteroatoms. The molecular weight excluding hydrogens is 258 g/mol. The smallest absolute Gasteiger partial charge is 0.0726 e. The van der Waals surface area contributed by atoms with Gasteiger partial charge in [-0.2, -0.15) is 0 Å². The standard InChI is InChI=1S/C18H17N3/c1-2-9-16-14(7-1)18(15-8-5-10-17(15)21-16)20-12-13-6-3-4-11-19-13/h1-4,6-7,9,11H,5,8,10,12H2,(H,20,21). The van der Waals surface area contributed by atoms with Crippen LogP contribution < -0.4 is 5.32 Å². The number of fused-ring (bicyclic) bond motifs is 2. The van der Waals surface area contributed by atoms with Crippen LogP contribution in [0.15, 0.2) is 48.7 Å². The van der Waals surface area contributed by atoms with E-state index in [1.165, 1.54) is 28.8 Å². The Kier molecular flexibility index (Phi) is 3.03. The zero-order valence-electron chi connectivity index (χ0n) is 11.8. The summed E-state index contributed by atoms with van der Waals surface area (Å²) in [6, 6.07) is 14.4. The molecule has 2 heterocycles. The van der Waals surface area contributed by atoms with Crippen molar-refractivity contribution in [3.05, 3.63) is 65.6 Å². The van der Waals surface area contributed by atoms with E-state index in [2.05, 4.69) is 40.6 Å². The topological polar surface area (TPSA) is 37.8 Å². The highest BCUT2D eigenvalue weighted by molar-refractivity contribution is 5.93. The third-order valence-electron chi connectivity index (χ3n) is 4.09. The highest BCUT2D eigenvalue weighted by Crippen LogP contribution is 2.34. The summed E-state index contributed by atoms with van der Waals surface area (Å²) in [7, 11) is 0. The molecule has 0 saturated carbocycles. The summed E-state index contributed by atoms with van der Waals surface area (Å²) < 4.78 is 0. The third kappa shape index (κ3) is 2.25. The Hall–Kier alpha value is -2.42. The lowest BCUT2D eigenvalue weighted by atomic mass is 10.1. The number of benzene rings is 1. The summed E-state index contributed by atoms with van der Waals surface area (Å²) in [5.74, 6) is 0. The SMILES string of the molecule is c1ccc(CNc2c3c(nc4ccccc24)CCC3)nc1. The van der Waals surface area contributed by atoms with Gasteiger partial charge in [0, 0.05) is 23.0 Å². The zero-order chi connectivity index (χ0) is 14.1. The Balaban J connectivity index is 1.76. The van der Waals surface area contributed by atoms with E-state index < -0.39 is 0 Å². The van der Waals surface area contributed by atoms with Crippen molar-refractivity contribution < 1.29 is 0 Å². The summed E-state index contributed by atoms with van der Waals surface area (Å²) in [5.41, 5.74) is 6.05. The summed E-state index contributed by atoms with van der Waals surface area (Å²) in [5, 5.41) is 4.82. The fraction of sp³-hybridized carbons (Fsp3) is 0.222. The molecule has 1 N–H and O–H groups in total. The number of hydrogen-bond donors (Lipinski definition) is 1. The maximum absolute atomic E-state index is 4.82. The first-order chi connectivity index (χ1) is 10.4. The van der Waals surface area contributed by atoms with Gasteiger partial charge in [-0.05, 0) is 43.0 Å². The minimum Gasteiger partial charge on any atom is -0.379 e. The van der Waals surface area contributed by atoms with E-state index in [0.29, 0.717) is 0 Å². The summed E-state index contributed by atoms with van der Waals surface area (Å²) >= 11 is 0. The van der Waals surface area contributed by atoms with Gasteiger partial charge in [0.15, 0.2) is 0 Å². The molecule has 0 bridgehead atoms. The van der Waals surface area contributed by atoms with Gasteiger partial charge in [-0.15, -0.1) is 0 Å². The Morgan fingerprint density at radius 2 is 1.90 bits per heavy atom. The quantitative estimate of drug-likeness (QED) is 0.791. The second-order valence-corrected chi connectivity index (χ2v) is 5.46. The number of hydrogen-bond acceptors (Lipinski definition) is 3. The molecule has 4 rings (SSSR count). The van der Waals surface area contributed by atoms with Crippen molar-refractivity contribution in [2.75, 3.05) is 5.32 Å². The van der Waals surface area contributed by atoms with Crippen molar-refractivity contribution in [2.24, 2.45) is 0 Å². The van der Waals surface area contributed by atoms with Gasteiger partial charge in [0.25, 0.3) is 0 Å². The van der Waals surface area contributed by atoms with Gasteiger partial charge in [-0.1, -0.05) is 24.3 Å². The number of para-hydroxylation sites is 1. The highest BCUT2D eigenvalue weighted by atomic mass is 14.9. The van der Waals surface area contributed by atoms with Crippen LogP contribution in [0.1, 0.15) is 23.4 Å². The van der Waals surface area contributed by atoms with Crippen LogP contribution in [-0.2, 0) is 19.4 Å². The van der Waals surface area contributed by atoms with E-state index in [1.807, 2.05) is 18.3 Å². The molecule has 3 nitrogen and oxygen atoms in total. The Bertz CT molecular complexity index is 781. The summed E-state index contributed by atoms with van der Waals surface area (Å²) in [6.45, 7) is 0.751. The molecule has 0 radical (unpaired) electrons. The number of nitrogens with zero attached hydrogens (tertiary/aromatic N) is 2. The lowest BCUT2D eigenvalue weighted by Crippen LogP contribution is -2.05. The molecule has 1 aliphatic rings. The molecule has 0 fully saturated rings.